The number of nitriles is 1. The summed E-state index contributed by atoms with van der Waals surface area (Å²) >= 11 is 0. The number of likely N-dealkylation sites (N-methyl/N-ethyl adjacent to an activating group) is 1. The summed E-state index contributed by atoms with van der Waals surface area (Å²) in [6.07, 6.45) is 2.04. The van der Waals surface area contributed by atoms with Crippen LogP contribution in [0.25, 0.3) is 10.8 Å². The Labute approximate surface area is 178 Å². The van der Waals surface area contributed by atoms with Gasteiger partial charge >= 0.3 is 0 Å². The molecule has 1 aliphatic rings. The van der Waals surface area contributed by atoms with E-state index < -0.39 is 0 Å². The quantitative estimate of drug-likeness (QED) is 0.654. The van der Waals surface area contributed by atoms with Crippen molar-refractivity contribution in [3.63, 3.8) is 0 Å². The van der Waals surface area contributed by atoms with Crippen LogP contribution in [0, 0.1) is 11.3 Å². The Morgan fingerprint density at radius 3 is 2.43 bits per heavy atom. The van der Waals surface area contributed by atoms with Crippen LogP contribution in [0.2, 0.25) is 0 Å². The van der Waals surface area contributed by atoms with Gasteiger partial charge in [0, 0.05) is 24.6 Å². The molecule has 1 heterocycles. The minimum absolute atomic E-state index is 0.0301. The Bertz CT molecular complexity index is 1090. The van der Waals surface area contributed by atoms with Crippen LogP contribution in [0.3, 0.4) is 0 Å². The van der Waals surface area contributed by atoms with E-state index in [9.17, 15) is 10.1 Å². The van der Waals surface area contributed by atoms with Gasteiger partial charge in [-0.2, -0.15) is 5.26 Å². The van der Waals surface area contributed by atoms with Gasteiger partial charge in [0.05, 0.1) is 11.6 Å². The van der Waals surface area contributed by atoms with E-state index in [1.807, 2.05) is 48.3 Å². The van der Waals surface area contributed by atoms with Crippen LogP contribution in [0.5, 0.6) is 0 Å². The van der Waals surface area contributed by atoms with E-state index >= 15 is 0 Å². The molecule has 0 saturated carbocycles. The fraction of sp³-hybridized carbons (Fsp3) is 0.308. The highest BCUT2D eigenvalue weighted by atomic mass is 16.2. The van der Waals surface area contributed by atoms with Crippen LogP contribution >= 0.6 is 0 Å². The second-order valence-corrected chi connectivity index (χ2v) is 8.47. The Balaban J connectivity index is 1.69. The molecule has 0 bridgehead atoms. The molecule has 0 spiro atoms. The smallest absolute Gasteiger partial charge is 0.254 e. The number of carbonyl (C=O) groups excluding carboxylic acids is 1. The topological polar surface area (TPSA) is 47.3 Å². The minimum Gasteiger partial charge on any atom is -0.341 e. The first-order chi connectivity index (χ1) is 14.5. The van der Waals surface area contributed by atoms with Crippen molar-refractivity contribution >= 4 is 16.7 Å². The van der Waals surface area contributed by atoms with Crippen LogP contribution in [-0.4, -0.2) is 49.4 Å². The van der Waals surface area contributed by atoms with Gasteiger partial charge in [-0.3, -0.25) is 4.79 Å². The first-order valence-corrected chi connectivity index (χ1v) is 10.4. The average Bonchev–Trinajstić information content (AvgIpc) is 2.80. The zero-order valence-electron chi connectivity index (χ0n) is 17.6. The molecule has 1 aliphatic heterocycles. The highest BCUT2D eigenvalue weighted by molar-refractivity contribution is 6.07. The van der Waals surface area contributed by atoms with Crippen LogP contribution in [-0.2, 0) is 5.41 Å². The summed E-state index contributed by atoms with van der Waals surface area (Å²) in [6.45, 7) is 2.70. The van der Waals surface area contributed by atoms with Crippen molar-refractivity contribution in [2.75, 3.05) is 33.7 Å². The minimum atomic E-state index is -0.0547. The van der Waals surface area contributed by atoms with Gasteiger partial charge in [0.25, 0.3) is 5.91 Å². The molecule has 152 valence electrons. The van der Waals surface area contributed by atoms with Gasteiger partial charge in [0.1, 0.15) is 0 Å². The summed E-state index contributed by atoms with van der Waals surface area (Å²) in [4.78, 5) is 17.7. The molecule has 1 amide bonds. The van der Waals surface area contributed by atoms with Crippen LogP contribution in [0.4, 0.5) is 0 Å². The van der Waals surface area contributed by atoms with E-state index in [1.54, 1.807) is 6.07 Å². The van der Waals surface area contributed by atoms with Gasteiger partial charge in [-0.1, -0.05) is 54.6 Å². The second-order valence-electron chi connectivity index (χ2n) is 8.47. The molecule has 0 unspecified atom stereocenters. The Morgan fingerprint density at radius 1 is 1.07 bits per heavy atom. The van der Waals surface area contributed by atoms with Crippen molar-refractivity contribution in [1.82, 2.24) is 9.80 Å². The fourth-order valence-electron chi connectivity index (χ4n) is 4.66. The number of fused-ring (bicyclic) bond motifs is 1. The third-order valence-electron chi connectivity index (χ3n) is 6.44. The van der Waals surface area contributed by atoms with E-state index in [4.69, 9.17) is 0 Å². The first kappa shape index (κ1) is 20.1. The highest BCUT2D eigenvalue weighted by Gasteiger charge is 2.37. The Hall–Kier alpha value is -3.16. The molecule has 0 radical (unpaired) electrons. The van der Waals surface area contributed by atoms with Crippen LogP contribution < -0.4 is 0 Å². The van der Waals surface area contributed by atoms with Crippen molar-refractivity contribution in [2.24, 2.45) is 0 Å². The fourth-order valence-corrected chi connectivity index (χ4v) is 4.66. The molecule has 4 heteroatoms. The standard InChI is InChI=1S/C26H27N3O/c1-28-14-12-26(13-15-28,22-9-4-3-5-10-22)19-29(2)25(30)24-17-20(18-27)16-21-8-6-7-11-23(21)24/h3-11,16-17H,12-15,19H2,1-2H3. The Kier molecular flexibility index (Phi) is 5.57. The molecule has 1 saturated heterocycles. The van der Waals surface area contributed by atoms with E-state index in [-0.39, 0.29) is 11.3 Å². The maximum atomic E-state index is 13.5. The molecular weight excluding hydrogens is 370 g/mol. The number of piperidine rings is 1. The van der Waals surface area contributed by atoms with Crippen LogP contribution in [0.15, 0.2) is 66.7 Å². The molecule has 0 atom stereocenters. The lowest BCUT2D eigenvalue weighted by Crippen LogP contribution is -2.48. The number of hydrogen-bond donors (Lipinski definition) is 0. The van der Waals surface area contributed by atoms with E-state index in [0.717, 1.165) is 36.7 Å². The van der Waals surface area contributed by atoms with Crippen molar-refractivity contribution in [2.45, 2.75) is 18.3 Å². The summed E-state index contributed by atoms with van der Waals surface area (Å²) in [5.74, 6) is -0.0301. The van der Waals surface area contributed by atoms with Crippen molar-refractivity contribution in [1.29, 1.82) is 5.26 Å². The van der Waals surface area contributed by atoms with Crippen molar-refractivity contribution in [3.05, 3.63) is 83.4 Å². The number of carbonyl (C=O) groups is 1. The average molecular weight is 398 g/mol. The third kappa shape index (κ3) is 3.81. The summed E-state index contributed by atoms with van der Waals surface area (Å²) < 4.78 is 0. The lowest BCUT2D eigenvalue weighted by molar-refractivity contribution is 0.0715. The van der Waals surface area contributed by atoms with E-state index in [1.165, 1.54) is 5.56 Å². The van der Waals surface area contributed by atoms with Crippen LogP contribution in [0.1, 0.15) is 34.3 Å². The van der Waals surface area contributed by atoms with Gasteiger partial charge in [-0.05, 0) is 61.4 Å². The molecule has 0 aliphatic carbocycles. The number of benzene rings is 3. The first-order valence-electron chi connectivity index (χ1n) is 10.4. The van der Waals surface area contributed by atoms with Gasteiger partial charge in [0.15, 0.2) is 0 Å². The molecule has 3 aromatic rings. The van der Waals surface area contributed by atoms with Crippen molar-refractivity contribution < 1.29 is 4.79 Å². The monoisotopic (exact) mass is 397 g/mol. The van der Waals surface area contributed by atoms with Gasteiger partial charge < -0.3 is 9.80 Å². The predicted molar refractivity (Wildman–Crippen MR) is 120 cm³/mol. The number of nitrogens with zero attached hydrogens (tertiary/aromatic N) is 3. The molecule has 0 N–H and O–H groups in total. The SMILES string of the molecule is CN1CCC(CN(C)C(=O)c2cc(C#N)cc3ccccc23)(c2ccccc2)CC1. The highest BCUT2D eigenvalue weighted by Crippen LogP contribution is 2.36. The van der Waals surface area contributed by atoms with Gasteiger partial charge in [-0.25, -0.2) is 0 Å². The number of rotatable bonds is 4. The number of amides is 1. The molecule has 3 aromatic carbocycles. The summed E-state index contributed by atoms with van der Waals surface area (Å²) in [6, 6.07) is 24.1. The Morgan fingerprint density at radius 2 is 1.73 bits per heavy atom. The zero-order valence-corrected chi connectivity index (χ0v) is 17.6. The predicted octanol–water partition coefficient (Wildman–Crippen LogP) is 4.45. The summed E-state index contributed by atoms with van der Waals surface area (Å²) in [7, 11) is 4.04. The molecule has 4 nitrogen and oxygen atoms in total. The lowest BCUT2D eigenvalue weighted by atomic mass is 9.72. The van der Waals surface area contributed by atoms with E-state index in [0.29, 0.717) is 17.7 Å². The molecular formula is C26H27N3O. The van der Waals surface area contributed by atoms with E-state index in [2.05, 4.69) is 42.3 Å². The zero-order chi connectivity index (χ0) is 21.1. The maximum absolute atomic E-state index is 13.5. The van der Waals surface area contributed by atoms with Gasteiger partial charge in [0.2, 0.25) is 0 Å². The second kappa shape index (κ2) is 8.30. The summed E-state index contributed by atoms with van der Waals surface area (Å²) in [5, 5.41) is 11.3. The molecule has 1 fully saturated rings. The number of hydrogen-bond acceptors (Lipinski definition) is 3. The lowest BCUT2D eigenvalue weighted by Gasteiger charge is -2.43. The third-order valence-corrected chi connectivity index (χ3v) is 6.44. The maximum Gasteiger partial charge on any atom is 0.254 e. The normalized spacial score (nSPS) is 16.2. The van der Waals surface area contributed by atoms with Gasteiger partial charge in [-0.15, -0.1) is 0 Å². The van der Waals surface area contributed by atoms with Crippen molar-refractivity contribution in [3.8, 4) is 6.07 Å². The largest absolute Gasteiger partial charge is 0.341 e. The number of likely N-dealkylation sites (tertiary alicyclic amines) is 1. The summed E-state index contributed by atoms with van der Waals surface area (Å²) in [5.41, 5.74) is 2.36. The molecule has 4 rings (SSSR count). The molecule has 30 heavy (non-hydrogen) atoms. The molecule has 0 aromatic heterocycles.